The Balaban J connectivity index is 2.25. The first-order chi connectivity index (χ1) is 10.3. The van der Waals surface area contributed by atoms with E-state index in [1.54, 1.807) is 0 Å². The molecule has 1 aliphatic heterocycles. The summed E-state index contributed by atoms with van der Waals surface area (Å²) in [6, 6.07) is 3.37. The highest BCUT2D eigenvalue weighted by atomic mass is 19.4. The molecular formula is C15H10F4N2O. The van der Waals surface area contributed by atoms with Crippen molar-refractivity contribution in [2.45, 2.75) is 12.7 Å². The molecule has 0 unspecified atom stereocenters. The molecule has 3 rings (SSSR count). The summed E-state index contributed by atoms with van der Waals surface area (Å²) in [5, 5.41) is 0. The highest BCUT2D eigenvalue weighted by Crippen LogP contribution is 2.39. The van der Waals surface area contributed by atoms with Crippen molar-refractivity contribution >= 4 is 5.91 Å². The van der Waals surface area contributed by atoms with E-state index < -0.39 is 23.5 Å². The van der Waals surface area contributed by atoms with Gasteiger partial charge in [-0.1, -0.05) is 0 Å². The van der Waals surface area contributed by atoms with Crippen LogP contribution in [0, 0.1) is 5.82 Å². The van der Waals surface area contributed by atoms with Crippen LogP contribution in [0.5, 0.6) is 0 Å². The summed E-state index contributed by atoms with van der Waals surface area (Å²) in [5.74, 6) is -1.14. The summed E-state index contributed by atoms with van der Waals surface area (Å²) in [6.45, 7) is -0.0926. The zero-order chi connectivity index (χ0) is 16.1. The van der Waals surface area contributed by atoms with E-state index >= 15 is 0 Å². The van der Waals surface area contributed by atoms with Crippen LogP contribution in [0.2, 0.25) is 0 Å². The van der Waals surface area contributed by atoms with Crippen LogP contribution >= 0.6 is 0 Å². The number of alkyl halides is 3. The monoisotopic (exact) mass is 310 g/mol. The van der Waals surface area contributed by atoms with Gasteiger partial charge in [0.1, 0.15) is 5.82 Å². The van der Waals surface area contributed by atoms with Gasteiger partial charge in [0, 0.05) is 30.9 Å². The lowest BCUT2D eigenvalue weighted by Gasteiger charge is -2.13. The van der Waals surface area contributed by atoms with E-state index in [0.717, 1.165) is 18.3 Å². The number of amides is 1. The molecule has 0 saturated carbocycles. The minimum absolute atomic E-state index is 0.00316. The molecule has 3 nitrogen and oxygen atoms in total. The van der Waals surface area contributed by atoms with Gasteiger partial charge in [-0.15, -0.1) is 0 Å². The lowest BCUT2D eigenvalue weighted by Crippen LogP contribution is -2.17. The average molecular weight is 310 g/mol. The Morgan fingerprint density at radius 2 is 1.86 bits per heavy atom. The van der Waals surface area contributed by atoms with Crippen LogP contribution in [0.1, 0.15) is 21.5 Å². The molecule has 2 aromatic rings. The molecule has 0 radical (unpaired) electrons. The Kier molecular flexibility index (Phi) is 3.16. The third-order valence-electron chi connectivity index (χ3n) is 3.57. The van der Waals surface area contributed by atoms with Crippen molar-refractivity contribution in [3.63, 3.8) is 0 Å². The Morgan fingerprint density at radius 1 is 1.14 bits per heavy atom. The number of carbonyl (C=O) groups excluding carboxylic acids is 1. The van der Waals surface area contributed by atoms with E-state index in [1.165, 1.54) is 24.2 Å². The Labute approximate surface area is 123 Å². The number of carbonyl (C=O) groups is 1. The molecule has 0 spiro atoms. The number of pyridine rings is 1. The molecule has 0 saturated heterocycles. The number of rotatable bonds is 1. The van der Waals surface area contributed by atoms with Crippen LogP contribution in [-0.4, -0.2) is 22.8 Å². The van der Waals surface area contributed by atoms with Gasteiger partial charge in [0.15, 0.2) is 0 Å². The minimum Gasteiger partial charge on any atom is -0.337 e. The van der Waals surface area contributed by atoms with Gasteiger partial charge in [-0.25, -0.2) is 4.39 Å². The number of nitrogens with zero attached hydrogens (tertiary/aromatic N) is 2. The van der Waals surface area contributed by atoms with Crippen molar-refractivity contribution in [3.05, 3.63) is 53.1 Å². The zero-order valence-electron chi connectivity index (χ0n) is 11.4. The molecule has 0 aliphatic carbocycles. The third kappa shape index (κ3) is 2.32. The van der Waals surface area contributed by atoms with Gasteiger partial charge in [-0.2, -0.15) is 13.2 Å². The molecule has 2 heterocycles. The van der Waals surface area contributed by atoms with Crippen molar-refractivity contribution in [3.8, 4) is 11.1 Å². The number of hydrogen-bond donors (Lipinski definition) is 0. The van der Waals surface area contributed by atoms with Crippen LogP contribution in [0.4, 0.5) is 17.6 Å². The van der Waals surface area contributed by atoms with Crippen LogP contribution in [0.3, 0.4) is 0 Å². The Morgan fingerprint density at radius 3 is 2.50 bits per heavy atom. The van der Waals surface area contributed by atoms with E-state index in [-0.39, 0.29) is 28.8 Å². The van der Waals surface area contributed by atoms with Crippen molar-refractivity contribution in [1.82, 2.24) is 9.88 Å². The molecule has 0 fully saturated rings. The molecule has 1 aromatic heterocycles. The topological polar surface area (TPSA) is 33.2 Å². The fourth-order valence-electron chi connectivity index (χ4n) is 2.54. The van der Waals surface area contributed by atoms with Crippen LogP contribution in [0.25, 0.3) is 11.1 Å². The van der Waals surface area contributed by atoms with Gasteiger partial charge in [-0.3, -0.25) is 9.78 Å². The van der Waals surface area contributed by atoms with Gasteiger partial charge < -0.3 is 4.90 Å². The largest absolute Gasteiger partial charge is 0.416 e. The zero-order valence-corrected chi connectivity index (χ0v) is 11.4. The lowest BCUT2D eigenvalue weighted by atomic mass is 9.96. The highest BCUT2D eigenvalue weighted by molar-refractivity contribution is 6.00. The summed E-state index contributed by atoms with van der Waals surface area (Å²) >= 11 is 0. The maximum Gasteiger partial charge on any atom is 0.416 e. The van der Waals surface area contributed by atoms with Crippen molar-refractivity contribution in [1.29, 1.82) is 0 Å². The van der Waals surface area contributed by atoms with Crippen molar-refractivity contribution in [2.75, 3.05) is 7.05 Å². The number of fused-ring (bicyclic) bond motifs is 1. The average Bonchev–Trinajstić information content (AvgIpc) is 2.72. The molecule has 114 valence electrons. The van der Waals surface area contributed by atoms with Crippen molar-refractivity contribution in [2.24, 2.45) is 0 Å². The Bertz CT molecular complexity index is 771. The van der Waals surface area contributed by atoms with E-state index in [2.05, 4.69) is 4.98 Å². The van der Waals surface area contributed by atoms with Crippen molar-refractivity contribution < 1.29 is 22.4 Å². The maximum absolute atomic E-state index is 13.3. The van der Waals surface area contributed by atoms with E-state index in [0.29, 0.717) is 0 Å². The molecule has 0 N–H and O–H groups in total. The van der Waals surface area contributed by atoms with E-state index in [4.69, 9.17) is 0 Å². The van der Waals surface area contributed by atoms with Crippen LogP contribution < -0.4 is 0 Å². The fraction of sp³-hybridized carbons (Fsp3) is 0.200. The summed E-state index contributed by atoms with van der Waals surface area (Å²) in [4.78, 5) is 16.8. The first kappa shape index (κ1) is 14.5. The fourth-order valence-corrected chi connectivity index (χ4v) is 2.54. The quantitative estimate of drug-likeness (QED) is 0.755. The van der Waals surface area contributed by atoms with E-state index in [9.17, 15) is 22.4 Å². The Hall–Kier alpha value is -2.44. The minimum atomic E-state index is -4.59. The second kappa shape index (κ2) is 4.79. The lowest BCUT2D eigenvalue weighted by molar-refractivity contribution is -0.138. The molecule has 0 bridgehead atoms. The molecule has 1 amide bonds. The first-order valence-corrected chi connectivity index (χ1v) is 6.38. The maximum atomic E-state index is 13.3. The summed E-state index contributed by atoms with van der Waals surface area (Å²) in [5.41, 5.74) is -0.621. The number of halogens is 4. The molecule has 7 heteroatoms. The van der Waals surface area contributed by atoms with Gasteiger partial charge >= 0.3 is 6.18 Å². The number of aromatic nitrogens is 1. The molecule has 1 aliphatic rings. The SMILES string of the molecule is CN1Cc2c(cc(-c3cncc(F)c3)cc2C(F)(F)F)C1=O. The van der Waals surface area contributed by atoms with Gasteiger partial charge in [0.2, 0.25) is 0 Å². The van der Waals surface area contributed by atoms with Crippen LogP contribution in [0.15, 0.2) is 30.6 Å². The summed E-state index contributed by atoms with van der Waals surface area (Å²) < 4.78 is 53.0. The standard InChI is InChI=1S/C15H10F4N2O/c1-21-7-12-11(14(21)22)3-8(4-13(12)15(17,18)19)9-2-10(16)6-20-5-9/h2-6H,7H2,1H3. The third-order valence-corrected chi connectivity index (χ3v) is 3.57. The van der Waals surface area contributed by atoms with Gasteiger partial charge in [0.25, 0.3) is 5.91 Å². The van der Waals surface area contributed by atoms with Gasteiger partial charge in [-0.05, 0) is 29.3 Å². The van der Waals surface area contributed by atoms with Gasteiger partial charge in [0.05, 0.1) is 11.8 Å². The molecule has 0 atom stereocenters. The first-order valence-electron chi connectivity index (χ1n) is 6.38. The second-order valence-electron chi connectivity index (χ2n) is 5.10. The summed E-state index contributed by atoms with van der Waals surface area (Å²) in [7, 11) is 1.44. The second-order valence-corrected chi connectivity index (χ2v) is 5.10. The highest BCUT2D eigenvalue weighted by Gasteiger charge is 2.39. The molecular weight excluding hydrogens is 300 g/mol. The summed E-state index contributed by atoms with van der Waals surface area (Å²) in [6.07, 6.45) is -2.37. The predicted octanol–water partition coefficient (Wildman–Crippen LogP) is 3.49. The molecule has 1 aromatic carbocycles. The smallest absolute Gasteiger partial charge is 0.337 e. The number of hydrogen-bond acceptors (Lipinski definition) is 2. The number of benzene rings is 1. The normalized spacial score (nSPS) is 14.4. The molecule has 22 heavy (non-hydrogen) atoms. The van der Waals surface area contributed by atoms with Crippen LogP contribution in [-0.2, 0) is 12.7 Å². The predicted molar refractivity (Wildman–Crippen MR) is 70.4 cm³/mol. The van der Waals surface area contributed by atoms with E-state index in [1.807, 2.05) is 0 Å².